The van der Waals surface area contributed by atoms with Crippen LogP contribution < -0.4 is 0 Å². The van der Waals surface area contributed by atoms with Crippen LogP contribution in [0.5, 0.6) is 0 Å². The molecule has 100 valence electrons. The number of nitrogens with zero attached hydrogens (tertiary/aromatic N) is 4. The van der Waals surface area contributed by atoms with Gasteiger partial charge < -0.3 is 0 Å². The van der Waals surface area contributed by atoms with Crippen molar-refractivity contribution in [3.63, 3.8) is 0 Å². The van der Waals surface area contributed by atoms with Gasteiger partial charge in [-0.15, -0.1) is 21.6 Å². The van der Waals surface area contributed by atoms with Crippen molar-refractivity contribution in [1.29, 1.82) is 10.5 Å². The average Bonchev–Trinajstić information content (AvgIpc) is 2.87. The third kappa shape index (κ3) is 1.78. The summed E-state index contributed by atoms with van der Waals surface area (Å²) in [6, 6.07) is 12.9. The molecule has 3 rings (SSSR count). The Morgan fingerprint density at radius 1 is 1.19 bits per heavy atom. The van der Waals surface area contributed by atoms with Crippen LogP contribution in [0.25, 0.3) is 10.4 Å². The second kappa shape index (κ2) is 4.62. The third-order valence-corrected chi connectivity index (χ3v) is 4.56. The van der Waals surface area contributed by atoms with E-state index in [4.69, 9.17) is 10.5 Å². The largest absolute Gasteiger partial charge is 0.313 e. The molecular weight excluding hydrogens is 284 g/mol. The first-order valence-corrected chi connectivity index (χ1v) is 6.93. The van der Waals surface area contributed by atoms with Crippen molar-refractivity contribution >= 4 is 22.1 Å². The van der Waals surface area contributed by atoms with Gasteiger partial charge in [-0.05, 0) is 18.1 Å². The van der Waals surface area contributed by atoms with Crippen LogP contribution >= 0.6 is 11.3 Å². The molecular formula is C15H8N4OS. The lowest BCUT2D eigenvalue weighted by Gasteiger charge is -2.14. The second-order valence-electron chi connectivity index (χ2n) is 4.57. The topological polar surface area (TPSA) is 89.4 Å². The highest BCUT2D eigenvalue weighted by molar-refractivity contribution is 7.19. The molecule has 0 amide bonds. The Balaban J connectivity index is 2.22. The van der Waals surface area contributed by atoms with E-state index in [1.165, 1.54) is 11.3 Å². The fourth-order valence-electron chi connectivity index (χ4n) is 2.22. The van der Waals surface area contributed by atoms with E-state index in [0.29, 0.717) is 10.6 Å². The van der Waals surface area contributed by atoms with Gasteiger partial charge in [-0.3, -0.25) is 4.79 Å². The van der Waals surface area contributed by atoms with Gasteiger partial charge >= 0.3 is 5.54 Å². The molecule has 2 aromatic rings. The predicted molar refractivity (Wildman–Crippen MR) is 77.3 cm³/mol. The quantitative estimate of drug-likeness (QED) is 0.800. The SMILES string of the molecule is Cc1c(-c2ccccc2)sc2c1C(=O)C(C#N)(C#N)N=N2. The molecule has 21 heavy (non-hydrogen) atoms. The van der Waals surface area contributed by atoms with Crippen LogP contribution in [0.4, 0.5) is 5.00 Å². The van der Waals surface area contributed by atoms with E-state index >= 15 is 0 Å². The van der Waals surface area contributed by atoms with E-state index in [0.717, 1.165) is 16.0 Å². The maximum atomic E-state index is 12.5. The molecule has 0 aliphatic carbocycles. The molecule has 2 heterocycles. The molecule has 0 atom stereocenters. The van der Waals surface area contributed by atoms with E-state index in [1.54, 1.807) is 19.1 Å². The molecule has 6 heteroatoms. The molecule has 1 aromatic heterocycles. The molecule has 1 aliphatic rings. The van der Waals surface area contributed by atoms with Crippen LogP contribution in [-0.4, -0.2) is 11.3 Å². The standard InChI is InChI=1S/C15H8N4OS/c1-9-11-13(20)15(7-16,8-17)19-18-14(11)21-12(9)10-5-3-2-4-6-10/h2-6H,1H3. The monoisotopic (exact) mass is 292 g/mol. The summed E-state index contributed by atoms with van der Waals surface area (Å²) in [6.07, 6.45) is 0. The predicted octanol–water partition coefficient (Wildman–Crippen LogP) is 3.79. The molecule has 0 saturated heterocycles. The van der Waals surface area contributed by atoms with Crippen LogP contribution in [-0.2, 0) is 0 Å². The van der Waals surface area contributed by atoms with Crippen molar-refractivity contribution in [2.75, 3.05) is 0 Å². The lowest BCUT2D eigenvalue weighted by atomic mass is 9.90. The van der Waals surface area contributed by atoms with Crippen molar-refractivity contribution in [2.45, 2.75) is 12.5 Å². The molecule has 1 aromatic carbocycles. The van der Waals surface area contributed by atoms with E-state index in [2.05, 4.69) is 10.2 Å². The highest BCUT2D eigenvalue weighted by atomic mass is 32.1. The molecule has 0 bridgehead atoms. The summed E-state index contributed by atoms with van der Waals surface area (Å²) in [4.78, 5) is 13.4. The second-order valence-corrected chi connectivity index (χ2v) is 5.56. The molecule has 0 N–H and O–H groups in total. The molecule has 0 saturated carbocycles. The van der Waals surface area contributed by atoms with Crippen LogP contribution in [0, 0.1) is 29.6 Å². The van der Waals surface area contributed by atoms with Crippen LogP contribution in [0.2, 0.25) is 0 Å². The average molecular weight is 292 g/mol. The number of hydrogen-bond donors (Lipinski definition) is 0. The van der Waals surface area contributed by atoms with Gasteiger partial charge in [-0.1, -0.05) is 30.3 Å². The Bertz CT molecular complexity index is 838. The van der Waals surface area contributed by atoms with Gasteiger partial charge in [0.25, 0.3) is 0 Å². The number of rotatable bonds is 1. The Labute approximate surface area is 124 Å². The molecule has 1 aliphatic heterocycles. The summed E-state index contributed by atoms with van der Waals surface area (Å²) in [5.41, 5.74) is -0.0131. The number of Topliss-reactive ketones (excluding diaryl/α,β-unsaturated/α-hetero) is 1. The number of ketones is 1. The van der Waals surface area contributed by atoms with Gasteiger partial charge in [-0.25, -0.2) is 0 Å². The number of carbonyl (C=O) groups is 1. The van der Waals surface area contributed by atoms with Crippen LogP contribution in [0.3, 0.4) is 0 Å². The van der Waals surface area contributed by atoms with Crippen molar-refractivity contribution in [2.24, 2.45) is 10.2 Å². The molecule has 0 radical (unpaired) electrons. The van der Waals surface area contributed by atoms with Crippen molar-refractivity contribution in [3.8, 4) is 22.6 Å². The van der Waals surface area contributed by atoms with E-state index in [9.17, 15) is 4.79 Å². The van der Waals surface area contributed by atoms with Crippen LogP contribution in [0.1, 0.15) is 15.9 Å². The third-order valence-electron chi connectivity index (χ3n) is 3.33. The van der Waals surface area contributed by atoms with E-state index in [-0.39, 0.29) is 0 Å². The van der Waals surface area contributed by atoms with Gasteiger partial charge in [-0.2, -0.15) is 10.5 Å². The Morgan fingerprint density at radius 3 is 2.48 bits per heavy atom. The van der Waals surface area contributed by atoms with Gasteiger partial charge in [0.15, 0.2) is 0 Å². The minimum atomic E-state index is -2.05. The first-order valence-electron chi connectivity index (χ1n) is 6.12. The summed E-state index contributed by atoms with van der Waals surface area (Å²) in [5.74, 6) is -0.589. The molecule has 0 fully saturated rings. The lowest BCUT2D eigenvalue weighted by molar-refractivity contribution is 0.0947. The van der Waals surface area contributed by atoms with Crippen LogP contribution in [0.15, 0.2) is 40.6 Å². The summed E-state index contributed by atoms with van der Waals surface area (Å²) in [5, 5.41) is 26.2. The van der Waals surface area contributed by atoms with E-state index in [1.807, 2.05) is 30.3 Å². The lowest BCUT2D eigenvalue weighted by Crippen LogP contribution is -2.34. The fourth-order valence-corrected chi connectivity index (χ4v) is 3.35. The zero-order chi connectivity index (χ0) is 15.0. The number of hydrogen-bond acceptors (Lipinski definition) is 6. The summed E-state index contributed by atoms with van der Waals surface area (Å²) >= 11 is 1.34. The van der Waals surface area contributed by atoms with Crippen molar-refractivity contribution in [1.82, 2.24) is 0 Å². The summed E-state index contributed by atoms with van der Waals surface area (Å²) < 4.78 is 0. The maximum Gasteiger partial charge on any atom is 0.313 e. The Morgan fingerprint density at radius 2 is 1.86 bits per heavy atom. The molecule has 0 unspecified atom stereocenters. The summed E-state index contributed by atoms with van der Waals surface area (Å²) in [7, 11) is 0. The van der Waals surface area contributed by atoms with Crippen molar-refractivity contribution in [3.05, 3.63) is 41.5 Å². The minimum Gasteiger partial charge on any atom is -0.289 e. The zero-order valence-corrected chi connectivity index (χ0v) is 11.8. The first-order chi connectivity index (χ1) is 10.1. The number of nitriles is 2. The number of azo groups is 1. The normalized spacial score (nSPS) is 15.1. The number of carbonyl (C=O) groups excluding carboxylic acids is 1. The minimum absolute atomic E-state index is 0.331. The Hall–Kier alpha value is -2.83. The van der Waals surface area contributed by atoms with Gasteiger partial charge in [0.2, 0.25) is 5.78 Å². The number of thiophene rings is 1. The number of fused-ring (bicyclic) bond motifs is 1. The first kappa shape index (κ1) is 13.2. The molecule has 5 nitrogen and oxygen atoms in total. The highest BCUT2D eigenvalue weighted by Gasteiger charge is 2.46. The van der Waals surface area contributed by atoms with Gasteiger partial charge in [0.05, 0.1) is 5.56 Å². The summed E-state index contributed by atoms with van der Waals surface area (Å²) in [6.45, 7) is 1.80. The fraction of sp³-hybridized carbons (Fsp3) is 0.133. The smallest absolute Gasteiger partial charge is 0.289 e. The number of benzene rings is 1. The maximum absolute atomic E-state index is 12.5. The van der Waals surface area contributed by atoms with Gasteiger partial charge in [0, 0.05) is 4.88 Å². The van der Waals surface area contributed by atoms with Crippen molar-refractivity contribution < 1.29 is 4.79 Å². The molecule has 0 spiro atoms. The van der Waals surface area contributed by atoms with E-state index < -0.39 is 11.3 Å². The highest BCUT2D eigenvalue weighted by Crippen LogP contribution is 2.45. The zero-order valence-electron chi connectivity index (χ0n) is 11.0. The Kier molecular flexibility index (Phi) is 2.90. The van der Waals surface area contributed by atoms with Gasteiger partial charge in [0.1, 0.15) is 17.1 Å².